The quantitative estimate of drug-likeness (QED) is 0.300. The highest BCUT2D eigenvalue weighted by molar-refractivity contribution is 7.80. The molecule has 0 spiro atoms. The van der Waals surface area contributed by atoms with Crippen molar-refractivity contribution >= 4 is 23.5 Å². The highest BCUT2D eigenvalue weighted by Crippen LogP contribution is 2.11. The number of rotatable bonds is 10. The number of ether oxygens (including phenoxy) is 2. The Morgan fingerprint density at radius 1 is 1.23 bits per heavy atom. The molecule has 0 aliphatic heterocycles. The largest absolute Gasteiger partial charge is 0.494 e. The maximum atomic E-state index is 5.66. The highest BCUT2D eigenvalue weighted by atomic mass is 32.1. The minimum atomic E-state index is 0.476. The zero-order valence-corrected chi connectivity index (χ0v) is 14.1. The Labute approximate surface area is 138 Å². The number of hydrazone groups is 1. The van der Waals surface area contributed by atoms with Crippen molar-refractivity contribution in [1.29, 1.82) is 0 Å². The van der Waals surface area contributed by atoms with E-state index in [-0.39, 0.29) is 0 Å². The Bertz CT molecular complexity index is 449. The summed E-state index contributed by atoms with van der Waals surface area (Å²) in [5, 5.41) is 7.53. The van der Waals surface area contributed by atoms with Gasteiger partial charge in [0.2, 0.25) is 0 Å². The number of hydrogen-bond acceptors (Lipinski definition) is 4. The molecule has 1 rings (SSSR count). The van der Waals surface area contributed by atoms with E-state index in [2.05, 4.69) is 22.8 Å². The Morgan fingerprint density at radius 2 is 2.00 bits per heavy atom. The second kappa shape index (κ2) is 11.9. The number of nitrogens with one attached hydrogen (secondary N) is 2. The summed E-state index contributed by atoms with van der Waals surface area (Å²) in [6.45, 7) is 4.21. The predicted octanol–water partition coefficient (Wildman–Crippen LogP) is 2.70. The van der Waals surface area contributed by atoms with Gasteiger partial charge in [0, 0.05) is 13.7 Å². The van der Waals surface area contributed by atoms with Crippen LogP contribution in [-0.4, -0.2) is 38.2 Å². The van der Waals surface area contributed by atoms with Crippen molar-refractivity contribution in [3.8, 4) is 5.75 Å². The van der Waals surface area contributed by atoms with E-state index in [0.29, 0.717) is 18.3 Å². The van der Waals surface area contributed by atoms with Crippen molar-refractivity contribution in [1.82, 2.24) is 10.7 Å². The van der Waals surface area contributed by atoms with Gasteiger partial charge >= 0.3 is 0 Å². The number of nitrogens with zero attached hydrogens (tertiary/aromatic N) is 1. The SMILES string of the molecule is CCCCCOc1ccc(C=NNC(=S)NCCOC)cc1. The summed E-state index contributed by atoms with van der Waals surface area (Å²) in [5.41, 5.74) is 3.74. The maximum absolute atomic E-state index is 5.66. The standard InChI is InChI=1S/C16H25N3O2S/c1-3-4-5-11-21-15-8-6-14(7-9-15)13-18-19-16(22)17-10-12-20-2/h6-9,13H,3-5,10-12H2,1-2H3,(H2,17,19,22). The maximum Gasteiger partial charge on any atom is 0.187 e. The Hall–Kier alpha value is -1.66. The Kier molecular flexibility index (Phi) is 9.98. The summed E-state index contributed by atoms with van der Waals surface area (Å²) in [6.07, 6.45) is 5.21. The van der Waals surface area contributed by atoms with Gasteiger partial charge < -0.3 is 14.8 Å². The Morgan fingerprint density at radius 3 is 2.68 bits per heavy atom. The van der Waals surface area contributed by atoms with Crippen molar-refractivity contribution in [2.24, 2.45) is 5.10 Å². The lowest BCUT2D eigenvalue weighted by atomic mass is 10.2. The molecule has 0 aromatic heterocycles. The van der Waals surface area contributed by atoms with Gasteiger partial charge in [-0.1, -0.05) is 19.8 Å². The van der Waals surface area contributed by atoms with Crippen LogP contribution in [0.3, 0.4) is 0 Å². The monoisotopic (exact) mass is 323 g/mol. The van der Waals surface area contributed by atoms with Crippen LogP contribution in [0, 0.1) is 0 Å². The fraction of sp³-hybridized carbons (Fsp3) is 0.500. The number of thiocarbonyl (C=S) groups is 1. The molecule has 0 aliphatic carbocycles. The molecule has 0 saturated carbocycles. The summed E-state index contributed by atoms with van der Waals surface area (Å²) in [4.78, 5) is 0. The molecule has 0 unspecified atom stereocenters. The van der Waals surface area contributed by atoms with E-state index in [4.69, 9.17) is 21.7 Å². The van der Waals surface area contributed by atoms with E-state index in [0.717, 1.165) is 24.3 Å². The van der Waals surface area contributed by atoms with Crippen LogP contribution in [0.25, 0.3) is 0 Å². The molecular formula is C16H25N3O2S. The first-order valence-electron chi connectivity index (χ1n) is 7.55. The topological polar surface area (TPSA) is 54.9 Å². The second-order valence-electron chi connectivity index (χ2n) is 4.74. The average Bonchev–Trinajstić information content (AvgIpc) is 2.53. The number of methoxy groups -OCH3 is 1. The van der Waals surface area contributed by atoms with Gasteiger partial charge in [0.1, 0.15) is 5.75 Å². The first-order valence-corrected chi connectivity index (χ1v) is 7.95. The fourth-order valence-electron chi connectivity index (χ4n) is 1.66. The minimum Gasteiger partial charge on any atom is -0.494 e. The van der Waals surface area contributed by atoms with E-state index in [1.807, 2.05) is 24.3 Å². The molecule has 122 valence electrons. The van der Waals surface area contributed by atoms with Crippen molar-refractivity contribution in [2.75, 3.05) is 26.9 Å². The van der Waals surface area contributed by atoms with Crippen LogP contribution >= 0.6 is 12.2 Å². The summed E-state index contributed by atoms with van der Waals surface area (Å²) in [6, 6.07) is 7.81. The number of benzene rings is 1. The molecule has 0 bridgehead atoms. The lowest BCUT2D eigenvalue weighted by Crippen LogP contribution is -2.34. The first kappa shape index (κ1) is 18.4. The zero-order chi connectivity index (χ0) is 16.0. The second-order valence-corrected chi connectivity index (χ2v) is 5.15. The third-order valence-electron chi connectivity index (χ3n) is 2.87. The molecule has 22 heavy (non-hydrogen) atoms. The normalized spacial score (nSPS) is 10.6. The van der Waals surface area contributed by atoms with Crippen LogP contribution in [-0.2, 0) is 4.74 Å². The van der Waals surface area contributed by atoms with Crippen molar-refractivity contribution in [2.45, 2.75) is 26.2 Å². The third-order valence-corrected chi connectivity index (χ3v) is 3.10. The molecule has 0 fully saturated rings. The van der Waals surface area contributed by atoms with E-state index >= 15 is 0 Å². The zero-order valence-electron chi connectivity index (χ0n) is 13.3. The number of hydrogen-bond donors (Lipinski definition) is 2. The minimum absolute atomic E-state index is 0.476. The molecule has 1 aromatic rings. The number of unbranched alkanes of at least 4 members (excludes halogenated alkanes) is 2. The predicted molar refractivity (Wildman–Crippen MR) is 94.7 cm³/mol. The fourth-order valence-corrected chi connectivity index (χ4v) is 1.82. The van der Waals surface area contributed by atoms with Gasteiger partial charge in [-0.2, -0.15) is 5.10 Å². The van der Waals surface area contributed by atoms with Gasteiger partial charge in [-0.25, -0.2) is 0 Å². The van der Waals surface area contributed by atoms with Crippen LogP contribution in [0.5, 0.6) is 5.75 Å². The summed E-state index contributed by atoms with van der Waals surface area (Å²) in [7, 11) is 1.65. The molecule has 0 radical (unpaired) electrons. The van der Waals surface area contributed by atoms with Gasteiger partial charge in [0.05, 0.1) is 19.4 Å². The van der Waals surface area contributed by atoms with Crippen LogP contribution in [0.15, 0.2) is 29.4 Å². The molecular weight excluding hydrogens is 298 g/mol. The van der Waals surface area contributed by atoms with Gasteiger partial charge in [-0.15, -0.1) is 0 Å². The highest BCUT2D eigenvalue weighted by Gasteiger charge is 1.95. The van der Waals surface area contributed by atoms with E-state index in [1.54, 1.807) is 13.3 Å². The lowest BCUT2D eigenvalue weighted by Gasteiger charge is -2.06. The van der Waals surface area contributed by atoms with Gasteiger partial charge in [0.15, 0.2) is 5.11 Å². The smallest absolute Gasteiger partial charge is 0.187 e. The first-order chi connectivity index (χ1) is 10.8. The molecule has 6 heteroatoms. The average molecular weight is 323 g/mol. The summed E-state index contributed by atoms with van der Waals surface area (Å²) >= 11 is 5.06. The molecule has 5 nitrogen and oxygen atoms in total. The van der Waals surface area contributed by atoms with Crippen LogP contribution in [0.2, 0.25) is 0 Å². The van der Waals surface area contributed by atoms with Gasteiger partial charge in [-0.3, -0.25) is 5.43 Å². The third kappa shape index (κ3) is 8.59. The molecule has 0 saturated heterocycles. The van der Waals surface area contributed by atoms with E-state index in [9.17, 15) is 0 Å². The molecule has 2 N–H and O–H groups in total. The summed E-state index contributed by atoms with van der Waals surface area (Å²) < 4.78 is 10.6. The lowest BCUT2D eigenvalue weighted by molar-refractivity contribution is 0.204. The molecule has 0 heterocycles. The van der Waals surface area contributed by atoms with Gasteiger partial charge in [-0.05, 0) is 48.5 Å². The molecule has 0 amide bonds. The molecule has 0 atom stereocenters. The summed E-state index contributed by atoms with van der Waals surface area (Å²) in [5.74, 6) is 0.887. The molecule has 1 aromatic carbocycles. The van der Waals surface area contributed by atoms with Crippen molar-refractivity contribution in [3.63, 3.8) is 0 Å². The van der Waals surface area contributed by atoms with E-state index in [1.165, 1.54) is 12.8 Å². The van der Waals surface area contributed by atoms with Crippen molar-refractivity contribution < 1.29 is 9.47 Å². The van der Waals surface area contributed by atoms with Crippen LogP contribution < -0.4 is 15.5 Å². The van der Waals surface area contributed by atoms with Crippen LogP contribution in [0.4, 0.5) is 0 Å². The van der Waals surface area contributed by atoms with Crippen molar-refractivity contribution in [3.05, 3.63) is 29.8 Å². The van der Waals surface area contributed by atoms with Gasteiger partial charge in [0.25, 0.3) is 0 Å². The molecule has 0 aliphatic rings. The Balaban J connectivity index is 2.28. The van der Waals surface area contributed by atoms with Crippen LogP contribution in [0.1, 0.15) is 31.7 Å². The van der Waals surface area contributed by atoms with E-state index < -0.39 is 0 Å².